The van der Waals surface area contributed by atoms with Gasteiger partial charge in [-0.25, -0.2) is 0 Å². The third-order valence-electron chi connectivity index (χ3n) is 4.42. The van der Waals surface area contributed by atoms with Crippen LogP contribution < -0.4 is 10.1 Å². The van der Waals surface area contributed by atoms with Gasteiger partial charge in [0, 0.05) is 29.2 Å². The van der Waals surface area contributed by atoms with Gasteiger partial charge < -0.3 is 14.6 Å². The topological polar surface area (TPSA) is 90.1 Å². The molecule has 7 nitrogen and oxygen atoms in total. The second-order valence-corrected chi connectivity index (χ2v) is 6.50. The van der Waals surface area contributed by atoms with Gasteiger partial charge in [0.25, 0.3) is 5.91 Å². The summed E-state index contributed by atoms with van der Waals surface area (Å²) in [5.41, 5.74) is 2.89. The van der Waals surface area contributed by atoms with Crippen molar-refractivity contribution in [1.29, 1.82) is 0 Å². The first-order chi connectivity index (χ1) is 14.7. The van der Waals surface area contributed by atoms with E-state index in [2.05, 4.69) is 20.4 Å². The predicted molar refractivity (Wildman–Crippen MR) is 112 cm³/mol. The van der Waals surface area contributed by atoms with Gasteiger partial charge in [0.2, 0.25) is 11.7 Å². The summed E-state index contributed by atoms with van der Waals surface area (Å²) < 4.78 is 10.8. The number of benzene rings is 2. The Balaban J connectivity index is 1.49. The van der Waals surface area contributed by atoms with Crippen LogP contribution in [-0.2, 0) is 6.42 Å². The Morgan fingerprint density at radius 1 is 1.07 bits per heavy atom. The lowest BCUT2D eigenvalue weighted by Crippen LogP contribution is -2.13. The number of anilines is 1. The maximum atomic E-state index is 12.7. The number of amides is 1. The molecule has 30 heavy (non-hydrogen) atoms. The van der Waals surface area contributed by atoms with Gasteiger partial charge >= 0.3 is 0 Å². The number of nitrogens with zero attached hydrogens (tertiary/aromatic N) is 3. The van der Waals surface area contributed by atoms with E-state index in [1.807, 2.05) is 43.3 Å². The fourth-order valence-corrected chi connectivity index (χ4v) is 2.96. The minimum Gasteiger partial charge on any atom is -0.494 e. The van der Waals surface area contributed by atoms with Gasteiger partial charge in [-0.1, -0.05) is 23.4 Å². The lowest BCUT2D eigenvalue weighted by atomic mass is 10.1. The Kier molecular flexibility index (Phi) is 5.80. The van der Waals surface area contributed by atoms with Gasteiger partial charge in [-0.3, -0.25) is 9.78 Å². The van der Waals surface area contributed by atoms with Gasteiger partial charge in [-0.05, 0) is 55.0 Å². The maximum absolute atomic E-state index is 12.7. The number of hydrogen-bond acceptors (Lipinski definition) is 6. The van der Waals surface area contributed by atoms with Crippen molar-refractivity contribution in [2.24, 2.45) is 0 Å². The number of pyridine rings is 1. The van der Waals surface area contributed by atoms with Crippen LogP contribution in [0.3, 0.4) is 0 Å². The second-order valence-electron chi connectivity index (χ2n) is 6.50. The molecular weight excluding hydrogens is 380 g/mol. The van der Waals surface area contributed by atoms with Crippen LogP contribution in [0.2, 0.25) is 0 Å². The van der Waals surface area contributed by atoms with Crippen molar-refractivity contribution in [2.45, 2.75) is 13.3 Å². The molecule has 1 N–H and O–H groups in total. The SMILES string of the molecule is CCOc1ccc(C(=O)Nc2ccccc2Cc2nc(-c3cccnc3)no2)cc1. The average molecular weight is 400 g/mol. The molecule has 150 valence electrons. The smallest absolute Gasteiger partial charge is 0.255 e. The third-order valence-corrected chi connectivity index (χ3v) is 4.42. The minimum absolute atomic E-state index is 0.202. The van der Waals surface area contributed by atoms with Gasteiger partial charge in [0.05, 0.1) is 13.0 Å². The van der Waals surface area contributed by atoms with E-state index in [9.17, 15) is 4.79 Å². The number of hydrogen-bond donors (Lipinski definition) is 1. The van der Waals surface area contributed by atoms with E-state index in [-0.39, 0.29) is 5.91 Å². The molecule has 4 aromatic rings. The quantitative estimate of drug-likeness (QED) is 0.495. The Bertz CT molecular complexity index is 1120. The van der Waals surface area contributed by atoms with Crippen LogP contribution in [0.4, 0.5) is 5.69 Å². The zero-order chi connectivity index (χ0) is 20.8. The second kappa shape index (κ2) is 9.00. The van der Waals surface area contributed by atoms with E-state index in [1.54, 1.807) is 36.7 Å². The summed E-state index contributed by atoms with van der Waals surface area (Å²) in [4.78, 5) is 21.2. The summed E-state index contributed by atoms with van der Waals surface area (Å²) in [6, 6.07) is 18.3. The summed E-state index contributed by atoms with van der Waals surface area (Å²) in [5, 5.41) is 6.98. The Morgan fingerprint density at radius 2 is 1.90 bits per heavy atom. The van der Waals surface area contributed by atoms with E-state index >= 15 is 0 Å². The van der Waals surface area contributed by atoms with Crippen LogP contribution in [0.25, 0.3) is 11.4 Å². The summed E-state index contributed by atoms with van der Waals surface area (Å²) in [6.45, 7) is 2.50. The molecule has 0 radical (unpaired) electrons. The highest BCUT2D eigenvalue weighted by atomic mass is 16.5. The van der Waals surface area contributed by atoms with E-state index in [0.29, 0.717) is 36.0 Å². The van der Waals surface area contributed by atoms with E-state index in [1.165, 1.54) is 0 Å². The van der Waals surface area contributed by atoms with Gasteiger partial charge in [0.1, 0.15) is 5.75 Å². The highest BCUT2D eigenvalue weighted by Gasteiger charge is 2.13. The van der Waals surface area contributed by atoms with Crippen molar-refractivity contribution in [1.82, 2.24) is 15.1 Å². The zero-order valence-electron chi connectivity index (χ0n) is 16.4. The molecule has 2 heterocycles. The zero-order valence-corrected chi connectivity index (χ0v) is 16.4. The van der Waals surface area contributed by atoms with E-state index in [4.69, 9.17) is 9.26 Å². The largest absolute Gasteiger partial charge is 0.494 e. The molecule has 0 fully saturated rings. The number of carbonyl (C=O) groups excluding carboxylic acids is 1. The Labute approximate surface area is 173 Å². The highest BCUT2D eigenvalue weighted by Crippen LogP contribution is 2.22. The molecular formula is C23H20N4O3. The fourth-order valence-electron chi connectivity index (χ4n) is 2.96. The lowest BCUT2D eigenvalue weighted by molar-refractivity contribution is 0.102. The number of ether oxygens (including phenoxy) is 1. The van der Waals surface area contributed by atoms with Crippen molar-refractivity contribution in [3.63, 3.8) is 0 Å². The number of rotatable bonds is 7. The van der Waals surface area contributed by atoms with Gasteiger partial charge in [-0.2, -0.15) is 4.98 Å². The van der Waals surface area contributed by atoms with E-state index < -0.39 is 0 Å². The molecule has 0 aliphatic carbocycles. The summed E-state index contributed by atoms with van der Waals surface area (Å²) in [5.74, 6) is 1.47. The Hall–Kier alpha value is -4.00. The van der Waals surface area contributed by atoms with Crippen molar-refractivity contribution in [3.8, 4) is 17.1 Å². The molecule has 0 bridgehead atoms. The van der Waals surface area contributed by atoms with Crippen LogP contribution >= 0.6 is 0 Å². The summed E-state index contributed by atoms with van der Waals surface area (Å²) in [6.07, 6.45) is 3.76. The molecule has 0 aliphatic heterocycles. The van der Waals surface area contributed by atoms with Crippen molar-refractivity contribution >= 4 is 11.6 Å². The highest BCUT2D eigenvalue weighted by molar-refractivity contribution is 6.04. The van der Waals surface area contributed by atoms with Crippen LogP contribution in [0, 0.1) is 0 Å². The lowest BCUT2D eigenvalue weighted by Gasteiger charge is -2.10. The van der Waals surface area contributed by atoms with Gasteiger partial charge in [0.15, 0.2) is 0 Å². The van der Waals surface area contributed by atoms with Crippen molar-refractivity contribution in [3.05, 3.63) is 90.1 Å². The van der Waals surface area contributed by atoms with E-state index in [0.717, 1.165) is 16.9 Å². The van der Waals surface area contributed by atoms with Crippen LogP contribution in [0.15, 0.2) is 77.6 Å². The maximum Gasteiger partial charge on any atom is 0.255 e. The summed E-state index contributed by atoms with van der Waals surface area (Å²) >= 11 is 0. The molecule has 0 saturated carbocycles. The minimum atomic E-state index is -0.202. The first-order valence-corrected chi connectivity index (χ1v) is 9.58. The first kappa shape index (κ1) is 19.3. The number of nitrogens with one attached hydrogen (secondary N) is 1. The van der Waals surface area contributed by atoms with Crippen LogP contribution in [0.1, 0.15) is 28.7 Å². The molecule has 0 aliphatic rings. The molecule has 0 atom stereocenters. The normalized spacial score (nSPS) is 10.6. The third kappa shape index (κ3) is 4.52. The molecule has 0 saturated heterocycles. The molecule has 2 aromatic heterocycles. The number of carbonyl (C=O) groups is 1. The van der Waals surface area contributed by atoms with Crippen LogP contribution in [0.5, 0.6) is 5.75 Å². The van der Waals surface area contributed by atoms with Crippen molar-refractivity contribution in [2.75, 3.05) is 11.9 Å². The summed E-state index contributed by atoms with van der Waals surface area (Å²) in [7, 11) is 0. The standard InChI is InChI=1S/C23H20N4O3/c1-2-29-19-11-9-16(10-12-19)23(28)25-20-8-4-3-6-17(20)14-21-26-22(27-30-21)18-7-5-13-24-15-18/h3-13,15H,2,14H2,1H3,(H,25,28). The molecule has 1 amide bonds. The predicted octanol–water partition coefficient (Wildman–Crippen LogP) is 4.37. The fraction of sp³-hybridized carbons (Fsp3) is 0.130. The number of para-hydroxylation sites is 1. The van der Waals surface area contributed by atoms with Gasteiger partial charge in [-0.15, -0.1) is 0 Å². The molecule has 7 heteroatoms. The number of aromatic nitrogens is 3. The first-order valence-electron chi connectivity index (χ1n) is 9.58. The molecule has 0 spiro atoms. The Morgan fingerprint density at radius 3 is 2.67 bits per heavy atom. The molecule has 2 aromatic carbocycles. The average Bonchev–Trinajstić information content (AvgIpc) is 3.25. The monoisotopic (exact) mass is 400 g/mol. The molecule has 4 rings (SSSR count). The van der Waals surface area contributed by atoms with Crippen molar-refractivity contribution < 1.29 is 14.1 Å². The molecule has 0 unspecified atom stereocenters. The van der Waals surface area contributed by atoms with Crippen LogP contribution in [-0.4, -0.2) is 27.6 Å².